The Morgan fingerprint density at radius 1 is 0.946 bits per heavy atom. The third-order valence-electron chi connectivity index (χ3n) is 5.65. The Morgan fingerprint density at radius 3 is 2.27 bits per heavy atom. The maximum Gasteiger partial charge on any atom is 0.379 e. The molecule has 0 saturated heterocycles. The van der Waals surface area contributed by atoms with Crippen LogP contribution in [0.1, 0.15) is 65.1 Å². The number of ether oxygens (including phenoxy) is 3. The molecule has 0 spiro atoms. The Kier molecular flexibility index (Phi) is 9.32. The lowest BCUT2D eigenvalue weighted by molar-refractivity contribution is -0.142. The van der Waals surface area contributed by atoms with Crippen LogP contribution in [0, 0.1) is 0 Å². The quantitative estimate of drug-likeness (QED) is 0.165. The first-order valence-corrected chi connectivity index (χ1v) is 12.0. The van der Waals surface area contributed by atoms with Crippen LogP contribution in [-0.4, -0.2) is 47.0 Å². The smallest absolute Gasteiger partial charge is 0.379 e. The Morgan fingerprint density at radius 2 is 1.65 bits per heavy atom. The molecule has 1 heterocycles. The molecular formula is C28H30N2O7. The fourth-order valence-electron chi connectivity index (χ4n) is 3.93. The van der Waals surface area contributed by atoms with E-state index in [2.05, 4.69) is 9.72 Å². The van der Waals surface area contributed by atoms with Crippen LogP contribution >= 0.6 is 0 Å². The average molecular weight is 507 g/mol. The summed E-state index contributed by atoms with van der Waals surface area (Å²) in [6.45, 7) is 5.49. The van der Waals surface area contributed by atoms with Crippen molar-refractivity contribution < 1.29 is 33.4 Å². The number of aromatic nitrogens is 2. The maximum atomic E-state index is 12.6. The first kappa shape index (κ1) is 27.3. The van der Waals surface area contributed by atoms with Crippen LogP contribution in [0.15, 0.2) is 48.5 Å². The summed E-state index contributed by atoms with van der Waals surface area (Å²) in [4.78, 5) is 52.9. The van der Waals surface area contributed by atoms with E-state index in [-0.39, 0.29) is 24.5 Å². The molecule has 1 aromatic heterocycles. The lowest BCUT2D eigenvalue weighted by Crippen LogP contribution is -2.16. The molecule has 9 heteroatoms. The van der Waals surface area contributed by atoms with Crippen LogP contribution in [0.25, 0.3) is 11.1 Å². The summed E-state index contributed by atoms with van der Waals surface area (Å²) in [5.74, 6) is -1.99. The Hall–Kier alpha value is -4.27. The van der Waals surface area contributed by atoms with Gasteiger partial charge in [-0.05, 0) is 30.0 Å². The third-order valence-corrected chi connectivity index (χ3v) is 5.65. The van der Waals surface area contributed by atoms with Crippen molar-refractivity contribution in [1.29, 1.82) is 0 Å². The highest BCUT2D eigenvalue weighted by Gasteiger charge is 2.24. The molecule has 194 valence electrons. The summed E-state index contributed by atoms with van der Waals surface area (Å²) in [5.41, 5.74) is 3.12. The number of Topliss-reactive ketones (excluding diaryl/α,β-unsaturated/α-hetero) is 1. The normalized spacial score (nSPS) is 10.6. The minimum Gasteiger partial charge on any atom is -0.463 e. The van der Waals surface area contributed by atoms with Crippen molar-refractivity contribution in [2.45, 2.75) is 46.8 Å². The number of hydrogen-bond donors (Lipinski definition) is 0. The van der Waals surface area contributed by atoms with E-state index >= 15 is 0 Å². The number of rotatable bonds is 11. The molecule has 2 aromatic carbocycles. The molecule has 37 heavy (non-hydrogen) atoms. The van der Waals surface area contributed by atoms with Gasteiger partial charge in [0.2, 0.25) is 0 Å². The Bertz CT molecular complexity index is 1290. The van der Waals surface area contributed by atoms with E-state index in [0.29, 0.717) is 30.0 Å². The topological polar surface area (TPSA) is 114 Å². The number of imidazole rings is 1. The van der Waals surface area contributed by atoms with Gasteiger partial charge in [0.25, 0.3) is 5.78 Å². The Labute approximate surface area is 215 Å². The second-order valence-electron chi connectivity index (χ2n) is 8.22. The SMILES string of the molecule is CCCc1nc(C(=O)OCC)c(COC(C)=O)n1Cc1ccc(-c2ccccc2C(=O)C(=O)OC)cc1. The summed E-state index contributed by atoms with van der Waals surface area (Å²) in [5, 5.41) is 0. The molecule has 0 aliphatic heterocycles. The van der Waals surface area contributed by atoms with Crippen molar-refractivity contribution in [3.8, 4) is 11.1 Å². The molecule has 0 N–H and O–H groups in total. The molecule has 0 saturated carbocycles. The number of carbonyl (C=O) groups is 4. The van der Waals surface area contributed by atoms with E-state index in [0.717, 1.165) is 17.5 Å². The first-order chi connectivity index (χ1) is 17.8. The van der Waals surface area contributed by atoms with Gasteiger partial charge in [0, 0.05) is 25.5 Å². The summed E-state index contributed by atoms with van der Waals surface area (Å²) in [6.07, 6.45) is 1.42. The van der Waals surface area contributed by atoms with Gasteiger partial charge in [-0.25, -0.2) is 14.6 Å². The highest BCUT2D eigenvalue weighted by atomic mass is 16.5. The lowest BCUT2D eigenvalue weighted by atomic mass is 9.96. The number of nitrogens with zero attached hydrogens (tertiary/aromatic N) is 2. The highest BCUT2D eigenvalue weighted by Crippen LogP contribution is 2.26. The van der Waals surface area contributed by atoms with Gasteiger partial charge in [0.05, 0.1) is 19.4 Å². The van der Waals surface area contributed by atoms with Crippen LogP contribution in [0.4, 0.5) is 0 Å². The number of methoxy groups -OCH3 is 1. The molecule has 0 amide bonds. The molecule has 0 unspecified atom stereocenters. The number of ketones is 1. The van der Waals surface area contributed by atoms with Gasteiger partial charge in [-0.2, -0.15) is 0 Å². The third kappa shape index (κ3) is 6.49. The zero-order chi connectivity index (χ0) is 26.9. The monoisotopic (exact) mass is 506 g/mol. The predicted octanol–water partition coefficient (Wildman–Crippen LogP) is 4.15. The summed E-state index contributed by atoms with van der Waals surface area (Å²) in [6, 6.07) is 14.3. The zero-order valence-electron chi connectivity index (χ0n) is 21.4. The van der Waals surface area contributed by atoms with Gasteiger partial charge < -0.3 is 18.8 Å². The standard InChI is InChI=1S/C28H30N2O7/c1-5-9-24-29-25(27(33)36-6-2)23(17-37-18(3)31)30(24)16-19-12-14-20(15-13-19)21-10-7-8-11-22(21)26(32)28(34)35-4/h7-8,10-15H,5-6,9,16-17H2,1-4H3. The molecule has 0 bridgehead atoms. The first-order valence-electron chi connectivity index (χ1n) is 12.0. The molecule has 0 aliphatic carbocycles. The summed E-state index contributed by atoms with van der Waals surface area (Å²) < 4.78 is 16.9. The Balaban J connectivity index is 1.98. The molecular weight excluding hydrogens is 476 g/mol. The van der Waals surface area contributed by atoms with Gasteiger partial charge in [-0.1, -0.05) is 55.5 Å². The number of carbonyl (C=O) groups excluding carboxylic acids is 4. The fourth-order valence-corrected chi connectivity index (χ4v) is 3.93. The van der Waals surface area contributed by atoms with E-state index in [1.165, 1.54) is 14.0 Å². The number of esters is 3. The van der Waals surface area contributed by atoms with E-state index < -0.39 is 23.7 Å². The molecule has 0 atom stereocenters. The number of aryl methyl sites for hydroxylation is 1. The van der Waals surface area contributed by atoms with Crippen LogP contribution in [0.2, 0.25) is 0 Å². The van der Waals surface area contributed by atoms with Gasteiger partial charge >= 0.3 is 17.9 Å². The van der Waals surface area contributed by atoms with Crippen molar-refractivity contribution in [2.24, 2.45) is 0 Å². The van der Waals surface area contributed by atoms with Crippen molar-refractivity contribution in [1.82, 2.24) is 9.55 Å². The van der Waals surface area contributed by atoms with Crippen LogP contribution in [0.3, 0.4) is 0 Å². The molecule has 9 nitrogen and oxygen atoms in total. The second kappa shape index (κ2) is 12.6. The van der Waals surface area contributed by atoms with Crippen molar-refractivity contribution in [3.05, 3.63) is 76.9 Å². The van der Waals surface area contributed by atoms with Gasteiger partial charge in [-0.15, -0.1) is 0 Å². The maximum absolute atomic E-state index is 12.6. The fraction of sp³-hybridized carbons (Fsp3) is 0.321. The molecule has 0 fully saturated rings. The van der Waals surface area contributed by atoms with E-state index in [1.807, 2.05) is 35.8 Å². The largest absolute Gasteiger partial charge is 0.463 e. The van der Waals surface area contributed by atoms with Crippen LogP contribution in [-0.2, 0) is 43.4 Å². The van der Waals surface area contributed by atoms with Crippen molar-refractivity contribution >= 4 is 23.7 Å². The van der Waals surface area contributed by atoms with Crippen molar-refractivity contribution in [3.63, 3.8) is 0 Å². The molecule has 3 rings (SSSR count). The van der Waals surface area contributed by atoms with E-state index in [1.54, 1.807) is 31.2 Å². The molecule has 0 aliphatic rings. The summed E-state index contributed by atoms with van der Waals surface area (Å²) >= 11 is 0. The minimum atomic E-state index is -0.926. The van der Waals surface area contributed by atoms with Gasteiger partial charge in [-0.3, -0.25) is 9.59 Å². The molecule has 3 aromatic rings. The number of hydrogen-bond acceptors (Lipinski definition) is 8. The van der Waals surface area contributed by atoms with E-state index in [4.69, 9.17) is 9.47 Å². The minimum absolute atomic E-state index is 0.110. The molecule has 0 radical (unpaired) electrons. The zero-order valence-corrected chi connectivity index (χ0v) is 21.4. The van der Waals surface area contributed by atoms with Gasteiger partial charge in [0.15, 0.2) is 5.69 Å². The number of benzene rings is 2. The van der Waals surface area contributed by atoms with Crippen molar-refractivity contribution in [2.75, 3.05) is 13.7 Å². The van der Waals surface area contributed by atoms with Crippen LogP contribution in [0.5, 0.6) is 0 Å². The average Bonchev–Trinajstić information content (AvgIpc) is 3.24. The highest BCUT2D eigenvalue weighted by molar-refractivity contribution is 6.41. The predicted molar refractivity (Wildman–Crippen MR) is 135 cm³/mol. The van der Waals surface area contributed by atoms with Gasteiger partial charge in [0.1, 0.15) is 12.4 Å². The second-order valence-corrected chi connectivity index (χ2v) is 8.22. The lowest BCUT2D eigenvalue weighted by Gasteiger charge is -2.14. The van der Waals surface area contributed by atoms with Crippen LogP contribution < -0.4 is 0 Å². The van der Waals surface area contributed by atoms with E-state index in [9.17, 15) is 19.2 Å². The summed E-state index contributed by atoms with van der Waals surface area (Å²) in [7, 11) is 1.17.